The van der Waals surface area contributed by atoms with Crippen LogP contribution in [0.3, 0.4) is 0 Å². The smallest absolute Gasteiger partial charge is 0.409 e. The Morgan fingerprint density at radius 1 is 1.64 bits per heavy atom. The lowest BCUT2D eigenvalue weighted by Crippen LogP contribution is -2.67. The van der Waals surface area contributed by atoms with Gasteiger partial charge in [-0.25, -0.2) is 4.79 Å². The highest BCUT2D eigenvalue weighted by Gasteiger charge is 2.47. The molecule has 0 saturated carbocycles. The molecule has 2 aliphatic heterocycles. The van der Waals surface area contributed by atoms with Gasteiger partial charge in [0.05, 0.1) is 0 Å². The minimum absolute atomic E-state index is 0.403. The average molecular weight is 195 g/mol. The van der Waals surface area contributed by atoms with E-state index < -0.39 is 11.8 Å². The molecule has 0 bridgehead atoms. The van der Waals surface area contributed by atoms with Crippen molar-refractivity contribution in [2.24, 2.45) is 4.99 Å². The molecule has 5 heteroatoms. The molecule has 1 atom stereocenters. The molecule has 76 valence electrons. The van der Waals surface area contributed by atoms with Crippen LogP contribution in [-0.4, -0.2) is 46.1 Å². The zero-order chi connectivity index (χ0) is 10.2. The first kappa shape index (κ1) is 9.05. The number of hydrogen-bond donors (Lipinski definition) is 1. The molecule has 0 aliphatic carbocycles. The number of aliphatic imine (C=N–C) groups is 1. The Morgan fingerprint density at radius 2 is 2.43 bits per heavy atom. The number of amides is 1. The van der Waals surface area contributed by atoms with Gasteiger partial charge < -0.3 is 10.0 Å². The summed E-state index contributed by atoms with van der Waals surface area (Å²) in [6.45, 7) is 3.08. The number of hydrogen-bond acceptors (Lipinski definition) is 3. The van der Waals surface area contributed by atoms with E-state index in [4.69, 9.17) is 5.11 Å². The predicted octanol–water partition coefficient (Wildman–Crippen LogP) is 0.944. The molecule has 14 heavy (non-hydrogen) atoms. The maximum absolute atomic E-state index is 10.9. The Bertz CT molecular complexity index is 313. The summed E-state index contributed by atoms with van der Waals surface area (Å²) in [7, 11) is 0. The van der Waals surface area contributed by atoms with Crippen molar-refractivity contribution < 1.29 is 9.90 Å². The van der Waals surface area contributed by atoms with Crippen molar-refractivity contribution in [3.8, 4) is 0 Å². The molecule has 0 spiro atoms. The van der Waals surface area contributed by atoms with E-state index in [1.807, 2.05) is 24.1 Å². The normalized spacial score (nSPS) is 30.4. The van der Waals surface area contributed by atoms with Gasteiger partial charge in [-0.2, -0.15) is 0 Å². The second-order valence-corrected chi connectivity index (χ2v) is 3.69. The standard InChI is InChI=1S/C9H13N3O2/c1-9(3-6-12(9)8(13)14)11-5-2-4-10-7-11/h2,4-5H,3,6-7H2,1H3,(H,13,14). The minimum Gasteiger partial charge on any atom is -0.465 e. The molecule has 1 fully saturated rings. The summed E-state index contributed by atoms with van der Waals surface area (Å²) in [5, 5.41) is 8.94. The second-order valence-electron chi connectivity index (χ2n) is 3.69. The fraction of sp³-hybridized carbons (Fsp3) is 0.556. The number of rotatable bonds is 1. The molecule has 1 amide bonds. The molecule has 5 nitrogen and oxygen atoms in total. The summed E-state index contributed by atoms with van der Waals surface area (Å²) >= 11 is 0. The molecule has 0 aromatic heterocycles. The molecule has 2 rings (SSSR count). The lowest BCUT2D eigenvalue weighted by Gasteiger charge is -2.54. The van der Waals surface area contributed by atoms with Gasteiger partial charge in [0.1, 0.15) is 12.3 Å². The van der Waals surface area contributed by atoms with Crippen LogP contribution in [0.4, 0.5) is 4.79 Å². The summed E-state index contributed by atoms with van der Waals surface area (Å²) in [4.78, 5) is 18.4. The van der Waals surface area contributed by atoms with E-state index in [9.17, 15) is 4.79 Å². The van der Waals surface area contributed by atoms with Gasteiger partial charge in [0.2, 0.25) is 0 Å². The van der Waals surface area contributed by atoms with Crippen molar-refractivity contribution in [1.82, 2.24) is 9.80 Å². The van der Waals surface area contributed by atoms with Crippen LogP contribution in [0.2, 0.25) is 0 Å². The molecule has 2 heterocycles. The van der Waals surface area contributed by atoms with Gasteiger partial charge >= 0.3 is 6.09 Å². The van der Waals surface area contributed by atoms with Gasteiger partial charge in [0, 0.05) is 25.4 Å². The van der Waals surface area contributed by atoms with Crippen LogP contribution < -0.4 is 0 Å². The van der Waals surface area contributed by atoms with Crippen molar-refractivity contribution in [2.75, 3.05) is 13.2 Å². The first-order chi connectivity index (χ1) is 6.64. The summed E-state index contributed by atoms with van der Waals surface area (Å²) in [5.74, 6) is 0. The van der Waals surface area contributed by atoms with Gasteiger partial charge in [0.25, 0.3) is 0 Å². The lowest BCUT2D eigenvalue weighted by atomic mass is 9.95. The van der Waals surface area contributed by atoms with Gasteiger partial charge in [0.15, 0.2) is 0 Å². The van der Waals surface area contributed by atoms with Gasteiger partial charge in [-0.1, -0.05) is 0 Å². The third-order valence-corrected chi connectivity index (χ3v) is 2.93. The van der Waals surface area contributed by atoms with Crippen LogP contribution in [0.15, 0.2) is 17.3 Å². The van der Waals surface area contributed by atoms with Crippen LogP contribution in [-0.2, 0) is 0 Å². The van der Waals surface area contributed by atoms with E-state index in [1.54, 1.807) is 6.21 Å². The molecule has 1 saturated heterocycles. The molecule has 1 unspecified atom stereocenters. The number of nitrogens with zero attached hydrogens (tertiary/aromatic N) is 3. The van der Waals surface area contributed by atoms with E-state index in [0.29, 0.717) is 13.2 Å². The molecule has 0 radical (unpaired) electrons. The maximum Gasteiger partial charge on any atom is 0.409 e. The topological polar surface area (TPSA) is 56.1 Å². The SMILES string of the molecule is CC1(N2C=CC=NC2)CCN1C(=O)O. The molecule has 0 aromatic carbocycles. The summed E-state index contributed by atoms with van der Waals surface area (Å²) in [6, 6.07) is 0. The first-order valence-electron chi connectivity index (χ1n) is 4.58. The third kappa shape index (κ3) is 1.16. The Hall–Kier alpha value is -1.52. The van der Waals surface area contributed by atoms with E-state index in [1.165, 1.54) is 4.90 Å². The Balaban J connectivity index is 2.12. The summed E-state index contributed by atoms with van der Waals surface area (Å²) < 4.78 is 0. The zero-order valence-corrected chi connectivity index (χ0v) is 8.05. The van der Waals surface area contributed by atoms with Gasteiger partial charge in [-0.3, -0.25) is 9.89 Å². The number of carbonyl (C=O) groups is 1. The number of carboxylic acid groups (broad SMARTS) is 1. The van der Waals surface area contributed by atoms with Crippen molar-refractivity contribution in [1.29, 1.82) is 0 Å². The highest BCUT2D eigenvalue weighted by Crippen LogP contribution is 2.34. The molecule has 0 aromatic rings. The van der Waals surface area contributed by atoms with E-state index in [2.05, 4.69) is 4.99 Å². The highest BCUT2D eigenvalue weighted by molar-refractivity contribution is 5.72. The number of likely N-dealkylation sites (tertiary alicyclic amines) is 1. The van der Waals surface area contributed by atoms with Crippen LogP contribution >= 0.6 is 0 Å². The Morgan fingerprint density at radius 3 is 2.86 bits per heavy atom. The fourth-order valence-corrected chi connectivity index (χ4v) is 1.85. The maximum atomic E-state index is 10.9. The number of allylic oxidation sites excluding steroid dienone is 1. The van der Waals surface area contributed by atoms with Crippen LogP contribution in [0, 0.1) is 0 Å². The van der Waals surface area contributed by atoms with E-state index in [0.717, 1.165) is 6.42 Å². The van der Waals surface area contributed by atoms with E-state index in [-0.39, 0.29) is 0 Å². The summed E-state index contributed by atoms with van der Waals surface area (Å²) in [5.41, 5.74) is -0.403. The van der Waals surface area contributed by atoms with Crippen molar-refractivity contribution in [3.05, 3.63) is 12.3 Å². The van der Waals surface area contributed by atoms with Crippen LogP contribution in [0.5, 0.6) is 0 Å². The molecule has 2 aliphatic rings. The van der Waals surface area contributed by atoms with Gasteiger partial charge in [-0.05, 0) is 13.0 Å². The van der Waals surface area contributed by atoms with Crippen molar-refractivity contribution in [3.63, 3.8) is 0 Å². The molecular weight excluding hydrogens is 182 g/mol. The quantitative estimate of drug-likeness (QED) is 0.677. The predicted molar refractivity (Wildman–Crippen MR) is 52.1 cm³/mol. The molecular formula is C9H13N3O2. The zero-order valence-electron chi connectivity index (χ0n) is 8.05. The highest BCUT2D eigenvalue weighted by atomic mass is 16.4. The monoisotopic (exact) mass is 195 g/mol. The van der Waals surface area contributed by atoms with Crippen molar-refractivity contribution >= 4 is 12.3 Å². The van der Waals surface area contributed by atoms with Gasteiger partial charge in [-0.15, -0.1) is 0 Å². The minimum atomic E-state index is -0.860. The Kier molecular flexibility index (Phi) is 1.94. The Labute approximate surface area is 82.3 Å². The lowest BCUT2D eigenvalue weighted by molar-refractivity contribution is -0.0780. The third-order valence-electron chi connectivity index (χ3n) is 2.93. The second kappa shape index (κ2) is 3.01. The van der Waals surface area contributed by atoms with E-state index >= 15 is 0 Å². The fourth-order valence-electron chi connectivity index (χ4n) is 1.85. The van der Waals surface area contributed by atoms with Crippen molar-refractivity contribution in [2.45, 2.75) is 19.0 Å². The van der Waals surface area contributed by atoms with Crippen LogP contribution in [0.1, 0.15) is 13.3 Å². The first-order valence-corrected chi connectivity index (χ1v) is 4.58. The summed E-state index contributed by atoms with van der Waals surface area (Å²) in [6.07, 6.45) is 5.44. The molecule has 1 N–H and O–H groups in total. The van der Waals surface area contributed by atoms with Crippen LogP contribution in [0.25, 0.3) is 0 Å². The largest absolute Gasteiger partial charge is 0.465 e. The average Bonchev–Trinajstić information content (AvgIpc) is 2.15.